The molecule has 3 nitrogen and oxygen atoms in total. The van der Waals surface area contributed by atoms with Crippen molar-refractivity contribution in [1.29, 1.82) is 0 Å². The fourth-order valence-electron chi connectivity index (χ4n) is 2.59. The number of halogens is 2. The number of carbonyl (C=O) groups is 1. The molecule has 0 saturated heterocycles. The Labute approximate surface area is 175 Å². The van der Waals surface area contributed by atoms with Crippen LogP contribution in [-0.4, -0.2) is 24.3 Å². The molecule has 1 amide bonds. The predicted octanol–water partition coefficient (Wildman–Crippen LogP) is 5.82. The van der Waals surface area contributed by atoms with E-state index in [9.17, 15) is 4.79 Å². The largest absolute Gasteiger partial charge is 0.480 e. The van der Waals surface area contributed by atoms with Gasteiger partial charge in [-0.25, -0.2) is 0 Å². The van der Waals surface area contributed by atoms with Gasteiger partial charge < -0.3 is 10.1 Å². The molecule has 2 aromatic carbocycles. The van der Waals surface area contributed by atoms with Crippen LogP contribution >= 0.6 is 35.0 Å². The number of amides is 1. The molecule has 0 heterocycles. The number of nitrogens with one attached hydrogen (secondary N) is 1. The smallest absolute Gasteiger partial charge is 0.261 e. The van der Waals surface area contributed by atoms with E-state index in [1.807, 2.05) is 45.0 Å². The van der Waals surface area contributed by atoms with E-state index in [2.05, 4.69) is 11.4 Å². The number of rotatable bonds is 9. The molecule has 0 aliphatic carbocycles. The fourth-order valence-corrected chi connectivity index (χ4v) is 3.71. The Morgan fingerprint density at radius 3 is 2.59 bits per heavy atom. The van der Waals surface area contributed by atoms with Crippen LogP contribution in [0.2, 0.25) is 10.0 Å². The second kappa shape index (κ2) is 10.8. The third kappa shape index (κ3) is 6.95. The minimum Gasteiger partial charge on any atom is -0.480 e. The average Bonchev–Trinajstić information content (AvgIpc) is 2.63. The third-order valence-corrected chi connectivity index (χ3v) is 5.83. The minimum atomic E-state index is -0.480. The van der Waals surface area contributed by atoms with Crippen molar-refractivity contribution in [3.05, 3.63) is 63.1 Å². The Kier molecular flexibility index (Phi) is 8.81. The second-order valence-corrected chi connectivity index (χ2v) is 8.30. The van der Waals surface area contributed by atoms with Gasteiger partial charge in [-0.2, -0.15) is 11.8 Å². The number of carbonyl (C=O) groups excluding carboxylic acids is 1. The minimum absolute atomic E-state index is 0.0763. The lowest BCUT2D eigenvalue weighted by Gasteiger charge is -2.19. The van der Waals surface area contributed by atoms with Gasteiger partial charge in [0.05, 0.1) is 10.0 Å². The van der Waals surface area contributed by atoms with Crippen molar-refractivity contribution in [2.75, 3.05) is 12.3 Å². The van der Waals surface area contributed by atoms with Gasteiger partial charge in [0.15, 0.2) is 6.10 Å². The predicted molar refractivity (Wildman–Crippen MR) is 116 cm³/mol. The topological polar surface area (TPSA) is 38.3 Å². The van der Waals surface area contributed by atoms with Crippen LogP contribution in [0.25, 0.3) is 0 Å². The van der Waals surface area contributed by atoms with Crippen LogP contribution in [0, 0.1) is 13.8 Å². The van der Waals surface area contributed by atoms with Crippen LogP contribution in [0.4, 0.5) is 0 Å². The van der Waals surface area contributed by atoms with Gasteiger partial charge in [0.1, 0.15) is 5.75 Å². The summed E-state index contributed by atoms with van der Waals surface area (Å²) in [5, 5.41) is 4.09. The summed E-state index contributed by atoms with van der Waals surface area (Å²) in [6.45, 7) is 6.58. The van der Waals surface area contributed by atoms with Crippen molar-refractivity contribution >= 4 is 40.9 Å². The van der Waals surface area contributed by atoms with Crippen LogP contribution in [0.15, 0.2) is 36.4 Å². The van der Waals surface area contributed by atoms with E-state index in [0.717, 1.165) is 28.4 Å². The first-order valence-corrected chi connectivity index (χ1v) is 10.8. The molecule has 0 fully saturated rings. The highest BCUT2D eigenvalue weighted by Crippen LogP contribution is 2.24. The number of benzene rings is 2. The lowest BCUT2D eigenvalue weighted by atomic mass is 10.1. The highest BCUT2D eigenvalue weighted by Gasteiger charge is 2.18. The highest BCUT2D eigenvalue weighted by molar-refractivity contribution is 7.98. The van der Waals surface area contributed by atoms with Gasteiger partial charge in [0.2, 0.25) is 0 Å². The van der Waals surface area contributed by atoms with Gasteiger partial charge in [-0.15, -0.1) is 0 Å². The standard InChI is InChI=1S/C21H25Cl2NO2S/c1-4-19(26-20-8-5-14(2)11-15(20)3)21(25)24-9-10-27-13-16-6-7-17(22)18(23)12-16/h5-8,11-12,19H,4,9-10,13H2,1-3H3,(H,24,25)/t19-/m1/s1. The number of ether oxygens (including phenoxy) is 1. The van der Waals surface area contributed by atoms with Crippen LogP contribution < -0.4 is 10.1 Å². The second-order valence-electron chi connectivity index (χ2n) is 6.38. The number of hydrogen-bond donors (Lipinski definition) is 1. The van der Waals surface area contributed by atoms with E-state index in [-0.39, 0.29) is 5.91 Å². The first kappa shape index (κ1) is 21.9. The van der Waals surface area contributed by atoms with Crippen LogP contribution in [0.3, 0.4) is 0 Å². The van der Waals surface area contributed by atoms with Gasteiger partial charge in [-0.1, -0.05) is 53.9 Å². The van der Waals surface area contributed by atoms with Crippen molar-refractivity contribution in [2.24, 2.45) is 0 Å². The quantitative estimate of drug-likeness (QED) is 0.514. The van der Waals surface area contributed by atoms with Gasteiger partial charge in [-0.3, -0.25) is 4.79 Å². The summed E-state index contributed by atoms with van der Waals surface area (Å²) in [5.74, 6) is 2.32. The highest BCUT2D eigenvalue weighted by atomic mass is 35.5. The van der Waals surface area contributed by atoms with Crippen molar-refractivity contribution < 1.29 is 9.53 Å². The molecule has 2 aromatic rings. The molecule has 0 spiro atoms. The van der Waals surface area contributed by atoms with Crippen LogP contribution in [-0.2, 0) is 10.5 Å². The zero-order valence-electron chi connectivity index (χ0n) is 15.9. The van der Waals surface area contributed by atoms with Gasteiger partial charge >= 0.3 is 0 Å². The van der Waals surface area contributed by atoms with Gasteiger partial charge in [-0.05, 0) is 49.6 Å². The molecule has 0 unspecified atom stereocenters. The molecular formula is C21H25Cl2NO2S. The molecule has 27 heavy (non-hydrogen) atoms. The first-order chi connectivity index (χ1) is 12.9. The summed E-state index contributed by atoms with van der Waals surface area (Å²) >= 11 is 13.7. The van der Waals surface area contributed by atoms with E-state index in [1.54, 1.807) is 17.8 Å². The molecule has 6 heteroatoms. The summed E-state index contributed by atoms with van der Waals surface area (Å²) in [7, 11) is 0. The lowest BCUT2D eigenvalue weighted by Crippen LogP contribution is -2.39. The first-order valence-electron chi connectivity index (χ1n) is 8.94. The molecule has 0 bridgehead atoms. The van der Waals surface area contributed by atoms with Crippen molar-refractivity contribution in [3.63, 3.8) is 0 Å². The Morgan fingerprint density at radius 1 is 1.15 bits per heavy atom. The fraction of sp³-hybridized carbons (Fsp3) is 0.381. The lowest BCUT2D eigenvalue weighted by molar-refractivity contribution is -0.128. The molecule has 146 valence electrons. The number of thioether (sulfide) groups is 1. The normalized spacial score (nSPS) is 11.9. The molecule has 2 rings (SSSR count). The molecule has 0 aliphatic heterocycles. The van der Waals surface area contributed by atoms with Crippen LogP contribution in [0.5, 0.6) is 5.75 Å². The van der Waals surface area contributed by atoms with Gasteiger partial charge in [0.25, 0.3) is 5.91 Å². The van der Waals surface area contributed by atoms with E-state index in [0.29, 0.717) is 23.0 Å². The molecule has 0 radical (unpaired) electrons. The number of aryl methyl sites for hydroxylation is 2. The molecule has 1 N–H and O–H groups in total. The summed E-state index contributed by atoms with van der Waals surface area (Å²) in [5.41, 5.74) is 3.33. The van der Waals surface area contributed by atoms with E-state index >= 15 is 0 Å². The monoisotopic (exact) mass is 425 g/mol. The van der Waals surface area contributed by atoms with Crippen molar-refractivity contribution in [3.8, 4) is 5.75 Å². The van der Waals surface area contributed by atoms with Gasteiger partial charge in [0, 0.05) is 18.1 Å². The SMILES string of the molecule is CC[C@@H](Oc1ccc(C)cc1C)C(=O)NCCSCc1ccc(Cl)c(Cl)c1. The Morgan fingerprint density at radius 2 is 1.93 bits per heavy atom. The zero-order chi connectivity index (χ0) is 19.8. The molecule has 1 atom stereocenters. The third-order valence-electron chi connectivity index (χ3n) is 4.06. The van der Waals surface area contributed by atoms with Crippen molar-refractivity contribution in [1.82, 2.24) is 5.32 Å². The number of hydrogen-bond acceptors (Lipinski definition) is 3. The Bertz CT molecular complexity index is 783. The average molecular weight is 426 g/mol. The maximum absolute atomic E-state index is 12.4. The molecular weight excluding hydrogens is 401 g/mol. The van der Waals surface area contributed by atoms with E-state index in [1.165, 1.54) is 5.56 Å². The zero-order valence-corrected chi connectivity index (χ0v) is 18.2. The summed E-state index contributed by atoms with van der Waals surface area (Å²) in [6, 6.07) is 11.6. The van der Waals surface area contributed by atoms with Crippen molar-refractivity contribution in [2.45, 2.75) is 39.0 Å². The van der Waals surface area contributed by atoms with Crippen LogP contribution in [0.1, 0.15) is 30.0 Å². The maximum Gasteiger partial charge on any atom is 0.261 e. The Balaban J connectivity index is 1.75. The maximum atomic E-state index is 12.4. The van der Waals surface area contributed by atoms with E-state index in [4.69, 9.17) is 27.9 Å². The van der Waals surface area contributed by atoms with E-state index < -0.39 is 6.10 Å². The summed E-state index contributed by atoms with van der Waals surface area (Å²) in [6.07, 6.45) is 0.140. The molecule has 0 aliphatic rings. The summed E-state index contributed by atoms with van der Waals surface area (Å²) < 4.78 is 5.92. The molecule has 0 saturated carbocycles. The summed E-state index contributed by atoms with van der Waals surface area (Å²) in [4.78, 5) is 12.4. The Hall–Kier alpha value is -1.36. The molecule has 0 aromatic heterocycles.